The number of esters is 1. The van der Waals surface area contributed by atoms with Crippen LogP contribution in [0.3, 0.4) is 0 Å². The number of rotatable bonds is 2. The Hall–Kier alpha value is -0.900. The Bertz CT molecular complexity index is 249. The molecule has 4 heteroatoms. The maximum absolute atomic E-state index is 11.6. The predicted octanol–water partition coefficient (Wildman–Crippen LogP) is 0.670. The Morgan fingerprint density at radius 3 is 2.86 bits per heavy atom. The minimum absolute atomic E-state index is 0.0243. The van der Waals surface area contributed by atoms with Crippen molar-refractivity contribution in [1.29, 1.82) is 0 Å². The molecule has 1 fully saturated rings. The molecule has 0 heterocycles. The number of aliphatic hydroxyl groups excluding tert-OH is 1. The standard InChI is InChI=1S/C10H16O4/c1-10(6-9(13)14-2)7(11)4-3-5-8(10)12/h7,11H,3-6H2,1-2H3. The molecule has 0 bridgehead atoms. The molecule has 2 unspecified atom stereocenters. The molecule has 14 heavy (non-hydrogen) atoms. The van der Waals surface area contributed by atoms with Gasteiger partial charge in [0.2, 0.25) is 0 Å². The zero-order chi connectivity index (χ0) is 10.8. The molecule has 2 atom stereocenters. The van der Waals surface area contributed by atoms with Crippen molar-refractivity contribution < 1.29 is 19.4 Å². The molecule has 80 valence electrons. The molecular weight excluding hydrogens is 184 g/mol. The topological polar surface area (TPSA) is 63.6 Å². The van der Waals surface area contributed by atoms with Gasteiger partial charge in [0.25, 0.3) is 0 Å². The molecule has 1 aliphatic rings. The van der Waals surface area contributed by atoms with Crippen LogP contribution in [0.25, 0.3) is 0 Å². The summed E-state index contributed by atoms with van der Waals surface area (Å²) in [6.45, 7) is 1.64. The molecular formula is C10H16O4. The van der Waals surface area contributed by atoms with Crippen molar-refractivity contribution in [2.75, 3.05) is 7.11 Å². The van der Waals surface area contributed by atoms with Crippen LogP contribution in [0.2, 0.25) is 0 Å². The smallest absolute Gasteiger partial charge is 0.306 e. The first-order chi connectivity index (χ1) is 6.50. The van der Waals surface area contributed by atoms with Crippen LogP contribution in [-0.2, 0) is 14.3 Å². The second-order valence-corrected chi connectivity index (χ2v) is 4.00. The molecule has 0 aliphatic heterocycles. The molecule has 0 amide bonds. The van der Waals surface area contributed by atoms with Gasteiger partial charge in [-0.15, -0.1) is 0 Å². The van der Waals surface area contributed by atoms with E-state index in [4.69, 9.17) is 0 Å². The summed E-state index contributed by atoms with van der Waals surface area (Å²) in [7, 11) is 1.28. The van der Waals surface area contributed by atoms with Crippen molar-refractivity contribution in [2.45, 2.75) is 38.7 Å². The van der Waals surface area contributed by atoms with Gasteiger partial charge in [-0.2, -0.15) is 0 Å². The summed E-state index contributed by atoms with van der Waals surface area (Å²) >= 11 is 0. The zero-order valence-electron chi connectivity index (χ0n) is 8.58. The lowest BCUT2D eigenvalue weighted by atomic mass is 9.70. The van der Waals surface area contributed by atoms with E-state index in [2.05, 4.69) is 4.74 Å². The molecule has 1 saturated carbocycles. The van der Waals surface area contributed by atoms with Crippen molar-refractivity contribution >= 4 is 11.8 Å². The third-order valence-electron chi connectivity index (χ3n) is 2.99. The van der Waals surface area contributed by atoms with Gasteiger partial charge in [0.1, 0.15) is 5.78 Å². The maximum atomic E-state index is 11.6. The van der Waals surface area contributed by atoms with E-state index in [1.165, 1.54) is 7.11 Å². The number of hydrogen-bond acceptors (Lipinski definition) is 4. The lowest BCUT2D eigenvalue weighted by molar-refractivity contribution is -0.153. The summed E-state index contributed by atoms with van der Waals surface area (Å²) in [6.07, 6.45) is 0.993. The highest BCUT2D eigenvalue weighted by molar-refractivity contribution is 5.89. The fourth-order valence-corrected chi connectivity index (χ4v) is 1.83. The van der Waals surface area contributed by atoms with Crippen LogP contribution in [-0.4, -0.2) is 30.1 Å². The zero-order valence-corrected chi connectivity index (χ0v) is 8.58. The van der Waals surface area contributed by atoms with Crippen LogP contribution in [0.1, 0.15) is 32.6 Å². The van der Waals surface area contributed by atoms with E-state index in [1.807, 2.05) is 0 Å². The van der Waals surface area contributed by atoms with Crippen molar-refractivity contribution in [1.82, 2.24) is 0 Å². The lowest BCUT2D eigenvalue weighted by Crippen LogP contribution is -2.44. The second kappa shape index (κ2) is 4.09. The molecule has 1 rings (SSSR count). The molecule has 0 radical (unpaired) electrons. The summed E-state index contributed by atoms with van der Waals surface area (Å²) in [5.41, 5.74) is -0.939. The number of ketones is 1. The van der Waals surface area contributed by atoms with E-state index in [-0.39, 0.29) is 12.2 Å². The van der Waals surface area contributed by atoms with Gasteiger partial charge in [-0.25, -0.2) is 0 Å². The van der Waals surface area contributed by atoms with Gasteiger partial charge < -0.3 is 9.84 Å². The molecule has 0 aromatic rings. The van der Waals surface area contributed by atoms with Gasteiger partial charge in [0.15, 0.2) is 0 Å². The SMILES string of the molecule is COC(=O)CC1(C)C(=O)CCCC1O. The minimum atomic E-state index is -0.939. The predicted molar refractivity (Wildman–Crippen MR) is 49.6 cm³/mol. The summed E-state index contributed by atoms with van der Waals surface area (Å²) in [4.78, 5) is 22.7. The summed E-state index contributed by atoms with van der Waals surface area (Å²) in [5, 5.41) is 9.71. The van der Waals surface area contributed by atoms with Gasteiger partial charge in [-0.05, 0) is 19.8 Å². The third kappa shape index (κ3) is 1.95. The largest absolute Gasteiger partial charge is 0.469 e. The number of hydrogen-bond donors (Lipinski definition) is 1. The fourth-order valence-electron chi connectivity index (χ4n) is 1.83. The molecule has 0 aromatic heterocycles. The molecule has 0 spiro atoms. The Labute approximate surface area is 83.2 Å². The van der Waals surface area contributed by atoms with E-state index in [9.17, 15) is 14.7 Å². The molecule has 0 saturated heterocycles. The highest BCUT2D eigenvalue weighted by atomic mass is 16.5. The van der Waals surface area contributed by atoms with Gasteiger partial charge in [0, 0.05) is 6.42 Å². The number of carbonyl (C=O) groups is 2. The van der Waals surface area contributed by atoms with E-state index in [0.29, 0.717) is 19.3 Å². The van der Waals surface area contributed by atoms with E-state index in [0.717, 1.165) is 0 Å². The molecule has 1 N–H and O–H groups in total. The highest BCUT2D eigenvalue weighted by Crippen LogP contribution is 2.36. The van der Waals surface area contributed by atoms with Crippen LogP contribution in [0, 0.1) is 5.41 Å². The van der Waals surface area contributed by atoms with Gasteiger partial charge in [0.05, 0.1) is 25.0 Å². The number of ether oxygens (including phenoxy) is 1. The van der Waals surface area contributed by atoms with Crippen LogP contribution in [0.15, 0.2) is 0 Å². The second-order valence-electron chi connectivity index (χ2n) is 4.00. The normalized spacial score (nSPS) is 32.8. The van der Waals surface area contributed by atoms with Gasteiger partial charge >= 0.3 is 5.97 Å². The Kier molecular flexibility index (Phi) is 3.26. The maximum Gasteiger partial charge on any atom is 0.306 e. The highest BCUT2D eigenvalue weighted by Gasteiger charge is 2.44. The number of methoxy groups -OCH3 is 1. The molecule has 4 nitrogen and oxygen atoms in total. The first-order valence-corrected chi connectivity index (χ1v) is 4.79. The minimum Gasteiger partial charge on any atom is -0.469 e. The van der Waals surface area contributed by atoms with Crippen LogP contribution < -0.4 is 0 Å². The number of aliphatic hydroxyl groups is 1. The quantitative estimate of drug-likeness (QED) is 0.665. The van der Waals surface area contributed by atoms with Crippen LogP contribution in [0.5, 0.6) is 0 Å². The lowest BCUT2D eigenvalue weighted by Gasteiger charge is -2.35. The van der Waals surface area contributed by atoms with Crippen molar-refractivity contribution in [2.24, 2.45) is 5.41 Å². The van der Waals surface area contributed by atoms with Crippen LogP contribution in [0.4, 0.5) is 0 Å². The van der Waals surface area contributed by atoms with Crippen LogP contribution >= 0.6 is 0 Å². The van der Waals surface area contributed by atoms with Crippen molar-refractivity contribution in [3.05, 3.63) is 0 Å². The average Bonchev–Trinajstić information content (AvgIpc) is 2.14. The summed E-state index contributed by atoms with van der Waals surface area (Å²) < 4.78 is 4.51. The van der Waals surface area contributed by atoms with Crippen molar-refractivity contribution in [3.63, 3.8) is 0 Å². The summed E-state index contributed by atoms with van der Waals surface area (Å²) in [5.74, 6) is -0.483. The summed E-state index contributed by atoms with van der Waals surface area (Å²) in [6, 6.07) is 0. The molecule has 0 aromatic carbocycles. The number of Topliss-reactive ketones (excluding diaryl/α,β-unsaturated/α-hetero) is 1. The van der Waals surface area contributed by atoms with Crippen molar-refractivity contribution in [3.8, 4) is 0 Å². The van der Waals surface area contributed by atoms with E-state index >= 15 is 0 Å². The Morgan fingerprint density at radius 2 is 2.36 bits per heavy atom. The van der Waals surface area contributed by atoms with Gasteiger partial charge in [-0.1, -0.05) is 0 Å². The first-order valence-electron chi connectivity index (χ1n) is 4.79. The Balaban J connectivity index is 2.76. The fraction of sp³-hybridized carbons (Fsp3) is 0.800. The van der Waals surface area contributed by atoms with E-state index in [1.54, 1.807) is 6.92 Å². The average molecular weight is 200 g/mol. The molecule has 1 aliphatic carbocycles. The third-order valence-corrected chi connectivity index (χ3v) is 2.99. The van der Waals surface area contributed by atoms with E-state index < -0.39 is 17.5 Å². The Morgan fingerprint density at radius 1 is 1.71 bits per heavy atom. The van der Waals surface area contributed by atoms with Gasteiger partial charge in [-0.3, -0.25) is 9.59 Å². The monoisotopic (exact) mass is 200 g/mol. The first kappa shape index (κ1) is 11.2. The number of carbonyl (C=O) groups excluding carboxylic acids is 2.